The highest BCUT2D eigenvalue weighted by Gasteiger charge is 2.19. The zero-order valence-corrected chi connectivity index (χ0v) is 17.8. The second-order valence-electron chi connectivity index (χ2n) is 7.04. The van der Waals surface area contributed by atoms with Crippen LogP contribution in [0.1, 0.15) is 32.4 Å². The first-order valence-corrected chi connectivity index (χ1v) is 11.5. The quantitative estimate of drug-likeness (QED) is 0.396. The highest BCUT2D eigenvalue weighted by Crippen LogP contribution is 2.45. The molecule has 1 aliphatic rings. The lowest BCUT2D eigenvalue weighted by molar-refractivity contribution is 0.174. The fraction of sp³-hybridized carbons (Fsp3) is 0.250. The largest absolute Gasteiger partial charge is 0.454 e. The van der Waals surface area contributed by atoms with E-state index in [9.17, 15) is 0 Å². The van der Waals surface area contributed by atoms with Gasteiger partial charge >= 0.3 is 0 Å². The van der Waals surface area contributed by atoms with Crippen molar-refractivity contribution in [3.63, 3.8) is 0 Å². The van der Waals surface area contributed by atoms with E-state index in [0.717, 1.165) is 23.0 Å². The van der Waals surface area contributed by atoms with Crippen LogP contribution >= 0.6 is 23.5 Å². The number of hydrogen-bond donors (Lipinski definition) is 0. The molecule has 3 aromatic carbocycles. The van der Waals surface area contributed by atoms with E-state index < -0.39 is 0 Å². The molecule has 0 aromatic heterocycles. The maximum Gasteiger partial charge on any atom is 0.231 e. The van der Waals surface area contributed by atoms with Crippen molar-refractivity contribution in [1.29, 1.82) is 0 Å². The molecule has 1 aliphatic heterocycles. The molecule has 4 rings (SSSR count). The summed E-state index contributed by atoms with van der Waals surface area (Å²) in [4.78, 5) is 0. The van der Waals surface area contributed by atoms with Crippen LogP contribution in [0.15, 0.2) is 66.7 Å². The summed E-state index contributed by atoms with van der Waals surface area (Å²) in [6.07, 6.45) is 0. The number of rotatable bonds is 7. The predicted octanol–water partition coefficient (Wildman–Crippen LogP) is 6.90. The number of ether oxygens (including phenoxy) is 2. The smallest absolute Gasteiger partial charge is 0.231 e. The number of fused-ring (bicyclic) bond motifs is 1. The molecule has 0 aliphatic carbocycles. The third-order valence-electron chi connectivity index (χ3n) is 4.64. The van der Waals surface area contributed by atoms with Gasteiger partial charge < -0.3 is 9.47 Å². The predicted molar refractivity (Wildman–Crippen MR) is 120 cm³/mol. The third-order valence-corrected chi connectivity index (χ3v) is 7.60. The van der Waals surface area contributed by atoms with E-state index in [0.29, 0.717) is 11.4 Å². The molecular weight excluding hydrogens is 384 g/mol. The van der Waals surface area contributed by atoms with Crippen LogP contribution < -0.4 is 9.47 Å². The van der Waals surface area contributed by atoms with Gasteiger partial charge in [-0.3, -0.25) is 0 Å². The minimum Gasteiger partial charge on any atom is -0.454 e. The molecule has 0 unspecified atom stereocenters. The molecule has 2 nitrogen and oxygen atoms in total. The Bertz CT molecular complexity index is 905. The first-order valence-electron chi connectivity index (χ1n) is 9.41. The van der Waals surface area contributed by atoms with Gasteiger partial charge in [0.25, 0.3) is 0 Å². The Hall–Kier alpha value is -2.04. The highest BCUT2D eigenvalue weighted by molar-refractivity contribution is 8.15. The molecular formula is C24H24O2S2. The SMILES string of the molecule is Cc1cccc(CSC(SCc2cccc(C)c2)c2ccc3c(c2)OCO3)c1. The van der Waals surface area contributed by atoms with Gasteiger partial charge in [-0.2, -0.15) is 0 Å². The van der Waals surface area contributed by atoms with Gasteiger partial charge in [0.1, 0.15) is 0 Å². The molecule has 3 aromatic rings. The van der Waals surface area contributed by atoms with Crippen LogP contribution in [0.2, 0.25) is 0 Å². The van der Waals surface area contributed by atoms with Crippen molar-refractivity contribution in [3.8, 4) is 11.5 Å². The molecule has 144 valence electrons. The van der Waals surface area contributed by atoms with Crippen molar-refractivity contribution in [2.75, 3.05) is 6.79 Å². The van der Waals surface area contributed by atoms with Crippen LogP contribution in [0, 0.1) is 13.8 Å². The summed E-state index contributed by atoms with van der Waals surface area (Å²) in [5.41, 5.74) is 6.63. The topological polar surface area (TPSA) is 18.5 Å². The Morgan fingerprint density at radius 2 is 1.36 bits per heavy atom. The Kier molecular flexibility index (Phi) is 6.18. The Labute approximate surface area is 175 Å². The lowest BCUT2D eigenvalue weighted by Crippen LogP contribution is -1.94. The summed E-state index contributed by atoms with van der Waals surface area (Å²) in [6, 6.07) is 23.9. The summed E-state index contributed by atoms with van der Waals surface area (Å²) in [5, 5.41) is 0. The Morgan fingerprint density at radius 3 is 1.96 bits per heavy atom. The molecule has 0 spiro atoms. The maximum absolute atomic E-state index is 5.61. The van der Waals surface area contributed by atoms with Crippen LogP contribution in [-0.4, -0.2) is 6.79 Å². The van der Waals surface area contributed by atoms with E-state index in [1.54, 1.807) is 0 Å². The van der Waals surface area contributed by atoms with E-state index >= 15 is 0 Å². The molecule has 0 saturated heterocycles. The van der Waals surface area contributed by atoms with Crippen LogP contribution in [0.4, 0.5) is 0 Å². The zero-order valence-electron chi connectivity index (χ0n) is 16.2. The Morgan fingerprint density at radius 1 is 0.750 bits per heavy atom. The molecule has 0 amide bonds. The molecule has 28 heavy (non-hydrogen) atoms. The van der Waals surface area contributed by atoms with Crippen molar-refractivity contribution < 1.29 is 9.47 Å². The van der Waals surface area contributed by atoms with E-state index in [-0.39, 0.29) is 0 Å². The fourth-order valence-electron chi connectivity index (χ4n) is 3.25. The lowest BCUT2D eigenvalue weighted by Gasteiger charge is -2.18. The summed E-state index contributed by atoms with van der Waals surface area (Å²) >= 11 is 3.94. The minimum absolute atomic E-state index is 0.316. The molecule has 0 bridgehead atoms. The monoisotopic (exact) mass is 408 g/mol. The van der Waals surface area contributed by atoms with E-state index in [1.165, 1.54) is 27.8 Å². The summed E-state index contributed by atoms with van der Waals surface area (Å²) < 4.78 is 11.4. The van der Waals surface area contributed by atoms with Crippen LogP contribution in [0.5, 0.6) is 11.5 Å². The molecule has 0 radical (unpaired) electrons. The first kappa shape index (κ1) is 19.3. The average molecular weight is 409 g/mol. The standard InChI is InChI=1S/C24H24O2S2/c1-17-5-3-7-19(11-17)14-27-24(28-15-20-8-4-6-18(2)12-20)21-9-10-22-23(13-21)26-16-25-22/h3-13,24H,14-16H2,1-2H3. The summed E-state index contributed by atoms with van der Waals surface area (Å²) in [6.45, 7) is 4.61. The first-order chi connectivity index (χ1) is 13.7. The summed E-state index contributed by atoms with van der Waals surface area (Å²) in [5.74, 6) is 3.67. The normalized spacial score (nSPS) is 12.5. The van der Waals surface area contributed by atoms with Gasteiger partial charge in [0, 0.05) is 11.5 Å². The molecule has 0 saturated carbocycles. The molecule has 0 N–H and O–H groups in total. The minimum atomic E-state index is 0.316. The van der Waals surface area contributed by atoms with Crippen LogP contribution in [0.3, 0.4) is 0 Å². The van der Waals surface area contributed by atoms with E-state index in [1.807, 2.05) is 29.6 Å². The highest BCUT2D eigenvalue weighted by atomic mass is 32.2. The zero-order chi connectivity index (χ0) is 19.3. The van der Waals surface area contributed by atoms with Gasteiger partial charge in [-0.25, -0.2) is 0 Å². The van der Waals surface area contributed by atoms with Gasteiger partial charge in [-0.1, -0.05) is 65.7 Å². The van der Waals surface area contributed by atoms with Crippen molar-refractivity contribution in [3.05, 3.63) is 94.5 Å². The van der Waals surface area contributed by atoms with Crippen LogP contribution in [0.25, 0.3) is 0 Å². The van der Waals surface area contributed by atoms with Crippen molar-refractivity contribution >= 4 is 23.5 Å². The molecule has 4 heteroatoms. The van der Waals surface area contributed by atoms with Crippen molar-refractivity contribution in [1.82, 2.24) is 0 Å². The van der Waals surface area contributed by atoms with Crippen molar-refractivity contribution in [2.24, 2.45) is 0 Å². The van der Waals surface area contributed by atoms with Gasteiger partial charge in [-0.05, 0) is 42.7 Å². The number of benzene rings is 3. The summed E-state index contributed by atoms with van der Waals surface area (Å²) in [7, 11) is 0. The molecule has 1 heterocycles. The number of aryl methyl sites for hydroxylation is 2. The van der Waals surface area contributed by atoms with E-state index in [2.05, 4.69) is 74.5 Å². The van der Waals surface area contributed by atoms with Crippen LogP contribution in [-0.2, 0) is 11.5 Å². The van der Waals surface area contributed by atoms with Gasteiger partial charge in [0.15, 0.2) is 11.5 Å². The Balaban J connectivity index is 1.51. The number of thioether (sulfide) groups is 2. The third kappa shape index (κ3) is 4.86. The maximum atomic E-state index is 5.61. The second kappa shape index (κ2) is 8.97. The second-order valence-corrected chi connectivity index (χ2v) is 9.53. The molecule has 0 fully saturated rings. The van der Waals surface area contributed by atoms with Gasteiger partial charge in [0.05, 0.1) is 4.58 Å². The molecule has 0 atom stereocenters. The number of hydrogen-bond acceptors (Lipinski definition) is 4. The van der Waals surface area contributed by atoms with Gasteiger partial charge in [-0.15, -0.1) is 23.5 Å². The lowest BCUT2D eigenvalue weighted by atomic mass is 10.2. The van der Waals surface area contributed by atoms with E-state index in [4.69, 9.17) is 9.47 Å². The average Bonchev–Trinajstić information content (AvgIpc) is 3.16. The fourth-order valence-corrected chi connectivity index (χ4v) is 5.77. The van der Waals surface area contributed by atoms with Crippen molar-refractivity contribution in [2.45, 2.75) is 29.9 Å². The van der Waals surface area contributed by atoms with Gasteiger partial charge in [0.2, 0.25) is 6.79 Å².